The number of carbonyl (C=O) groups excluding carboxylic acids is 2. The minimum absolute atomic E-state index is 0.126. The number of halogens is 1. The van der Waals surface area contributed by atoms with E-state index < -0.39 is 11.8 Å². The number of ether oxygens (including phenoxy) is 2. The Morgan fingerprint density at radius 3 is 2.96 bits per heavy atom. The lowest BCUT2D eigenvalue weighted by Crippen LogP contribution is -2.38. The molecule has 3 rings (SSSR count). The second-order valence-electron chi connectivity index (χ2n) is 6.77. The van der Waals surface area contributed by atoms with Crippen molar-refractivity contribution in [1.29, 1.82) is 0 Å². The number of ketones is 1. The second-order valence-corrected chi connectivity index (χ2v) is 6.77. The molecule has 0 spiro atoms. The van der Waals surface area contributed by atoms with Crippen molar-refractivity contribution in [2.24, 2.45) is 5.92 Å². The molecule has 1 N–H and O–H groups in total. The van der Waals surface area contributed by atoms with Crippen LogP contribution >= 0.6 is 0 Å². The molecule has 1 atom stereocenters. The molecule has 0 aliphatic carbocycles. The number of carbonyl (C=O) groups is 2. The number of hydrogen-bond donors (Lipinski definition) is 1. The molecule has 7 nitrogen and oxygen atoms in total. The Bertz CT molecular complexity index is 852. The third-order valence-electron chi connectivity index (χ3n) is 4.89. The van der Waals surface area contributed by atoms with Gasteiger partial charge < -0.3 is 9.47 Å². The van der Waals surface area contributed by atoms with Gasteiger partial charge in [0.2, 0.25) is 0 Å². The molecule has 2 heterocycles. The van der Waals surface area contributed by atoms with Crippen molar-refractivity contribution in [2.45, 2.75) is 26.3 Å². The van der Waals surface area contributed by atoms with Crippen LogP contribution in [0.5, 0.6) is 5.75 Å². The van der Waals surface area contributed by atoms with Crippen molar-refractivity contribution < 1.29 is 23.5 Å². The van der Waals surface area contributed by atoms with Crippen LogP contribution < -0.4 is 4.74 Å². The maximum Gasteiger partial charge on any atom is 0.356 e. The Hall–Kier alpha value is -2.74. The molecule has 1 aliphatic rings. The summed E-state index contributed by atoms with van der Waals surface area (Å²) in [7, 11) is 1.47. The van der Waals surface area contributed by atoms with E-state index in [9.17, 15) is 14.0 Å². The van der Waals surface area contributed by atoms with E-state index in [1.165, 1.54) is 25.3 Å². The van der Waals surface area contributed by atoms with Crippen LogP contribution in [0.2, 0.25) is 0 Å². The summed E-state index contributed by atoms with van der Waals surface area (Å²) in [6, 6.07) is 3.98. The lowest BCUT2D eigenvalue weighted by molar-refractivity contribution is 0.0515. The Morgan fingerprint density at radius 1 is 1.39 bits per heavy atom. The largest absolute Gasteiger partial charge is 0.496 e. The van der Waals surface area contributed by atoms with Crippen LogP contribution in [0, 0.1) is 11.7 Å². The fourth-order valence-electron chi connectivity index (χ4n) is 3.56. The predicted octanol–water partition coefficient (Wildman–Crippen LogP) is 2.83. The lowest BCUT2D eigenvalue weighted by Gasteiger charge is -2.32. The predicted molar refractivity (Wildman–Crippen MR) is 99.8 cm³/mol. The molecular formula is C20H24FN3O4. The summed E-state index contributed by atoms with van der Waals surface area (Å²) in [4.78, 5) is 27.1. The van der Waals surface area contributed by atoms with Crippen LogP contribution in [0.4, 0.5) is 4.39 Å². The Balaban J connectivity index is 1.71. The molecule has 150 valence electrons. The number of Topliss-reactive ketones (excluding diaryl/α,β-unsaturated/α-hetero) is 1. The number of methoxy groups -OCH3 is 1. The topological polar surface area (TPSA) is 84.5 Å². The Labute approximate surface area is 162 Å². The van der Waals surface area contributed by atoms with Gasteiger partial charge in [-0.25, -0.2) is 9.18 Å². The van der Waals surface area contributed by atoms with Gasteiger partial charge in [0.05, 0.1) is 25.5 Å². The van der Waals surface area contributed by atoms with Crippen LogP contribution in [-0.4, -0.2) is 53.7 Å². The van der Waals surface area contributed by atoms with Crippen LogP contribution in [0.15, 0.2) is 24.4 Å². The van der Waals surface area contributed by atoms with E-state index >= 15 is 0 Å². The molecule has 8 heteroatoms. The molecule has 0 saturated carbocycles. The molecular weight excluding hydrogens is 365 g/mol. The number of H-pyrrole nitrogens is 1. The zero-order chi connectivity index (χ0) is 20.1. The maximum atomic E-state index is 13.7. The molecule has 1 aliphatic heterocycles. The highest BCUT2D eigenvalue weighted by Crippen LogP contribution is 2.28. The Morgan fingerprint density at radius 2 is 2.21 bits per heavy atom. The zero-order valence-corrected chi connectivity index (χ0v) is 16.0. The number of aromatic nitrogens is 2. The van der Waals surface area contributed by atoms with E-state index in [-0.39, 0.29) is 23.9 Å². The van der Waals surface area contributed by atoms with Gasteiger partial charge in [-0.3, -0.25) is 14.8 Å². The third-order valence-corrected chi connectivity index (χ3v) is 4.89. The van der Waals surface area contributed by atoms with Gasteiger partial charge in [0.1, 0.15) is 17.3 Å². The highest BCUT2D eigenvalue weighted by atomic mass is 19.1. The molecule has 0 radical (unpaired) electrons. The quantitative estimate of drug-likeness (QED) is 0.579. The van der Waals surface area contributed by atoms with E-state index in [4.69, 9.17) is 9.47 Å². The molecule has 2 aromatic rings. The van der Waals surface area contributed by atoms with Gasteiger partial charge in [-0.15, -0.1) is 0 Å². The zero-order valence-electron chi connectivity index (χ0n) is 16.0. The molecule has 1 fully saturated rings. The number of aromatic amines is 1. The van der Waals surface area contributed by atoms with Gasteiger partial charge in [-0.2, -0.15) is 5.10 Å². The fraction of sp³-hybridized carbons (Fsp3) is 0.450. The number of hydrogen-bond acceptors (Lipinski definition) is 6. The molecule has 0 amide bonds. The average Bonchev–Trinajstić information content (AvgIpc) is 3.16. The first kappa shape index (κ1) is 20.0. The summed E-state index contributed by atoms with van der Waals surface area (Å²) in [6.45, 7) is 3.83. The second kappa shape index (κ2) is 8.97. The minimum atomic E-state index is -0.464. The van der Waals surface area contributed by atoms with Crippen molar-refractivity contribution in [3.63, 3.8) is 0 Å². The van der Waals surface area contributed by atoms with E-state index in [0.29, 0.717) is 24.5 Å². The minimum Gasteiger partial charge on any atom is -0.496 e. The number of piperidine rings is 1. The summed E-state index contributed by atoms with van der Waals surface area (Å²) < 4.78 is 23.9. The third kappa shape index (κ3) is 4.39. The summed E-state index contributed by atoms with van der Waals surface area (Å²) in [6.07, 6.45) is 3.17. The van der Waals surface area contributed by atoms with E-state index in [0.717, 1.165) is 24.9 Å². The standard InChI is InChI=1S/C20H24FN3O4/c1-3-28-20(26)18-14(10-22-23-18)12-24-8-4-5-13(11-24)19(25)16-9-15(21)6-7-17(16)27-2/h6-7,9-10,13H,3-5,8,11-12H2,1-2H3,(H,22,23). The molecule has 1 unspecified atom stereocenters. The summed E-state index contributed by atoms with van der Waals surface area (Å²) in [5.74, 6) is -0.914. The van der Waals surface area contributed by atoms with Crippen molar-refractivity contribution >= 4 is 11.8 Å². The van der Waals surface area contributed by atoms with Gasteiger partial charge in [0, 0.05) is 24.6 Å². The molecule has 0 bridgehead atoms. The number of nitrogens with one attached hydrogen (secondary N) is 1. The van der Waals surface area contributed by atoms with Gasteiger partial charge in [0.15, 0.2) is 5.78 Å². The number of rotatable bonds is 7. The number of benzene rings is 1. The van der Waals surface area contributed by atoms with Crippen molar-refractivity contribution in [3.8, 4) is 5.75 Å². The highest BCUT2D eigenvalue weighted by molar-refractivity contribution is 6.00. The molecule has 1 saturated heterocycles. The van der Waals surface area contributed by atoms with Crippen LogP contribution in [0.25, 0.3) is 0 Å². The van der Waals surface area contributed by atoms with Crippen LogP contribution in [0.3, 0.4) is 0 Å². The first-order valence-corrected chi connectivity index (χ1v) is 9.33. The normalized spacial score (nSPS) is 17.3. The first-order valence-electron chi connectivity index (χ1n) is 9.33. The summed E-state index contributed by atoms with van der Waals surface area (Å²) in [5, 5.41) is 6.63. The summed E-state index contributed by atoms with van der Waals surface area (Å²) >= 11 is 0. The van der Waals surface area contributed by atoms with Crippen molar-refractivity contribution in [2.75, 3.05) is 26.8 Å². The van der Waals surface area contributed by atoms with Crippen LogP contribution in [-0.2, 0) is 11.3 Å². The van der Waals surface area contributed by atoms with Crippen LogP contribution in [0.1, 0.15) is 46.2 Å². The van der Waals surface area contributed by atoms with Gasteiger partial charge in [-0.1, -0.05) is 0 Å². The van der Waals surface area contributed by atoms with Crippen molar-refractivity contribution in [3.05, 3.63) is 47.0 Å². The van der Waals surface area contributed by atoms with Crippen molar-refractivity contribution in [1.82, 2.24) is 15.1 Å². The summed E-state index contributed by atoms with van der Waals surface area (Å²) in [5.41, 5.74) is 1.34. The van der Waals surface area contributed by atoms with Gasteiger partial charge >= 0.3 is 5.97 Å². The van der Waals surface area contributed by atoms with E-state index in [1.54, 1.807) is 13.1 Å². The fourth-order valence-corrected chi connectivity index (χ4v) is 3.56. The van der Waals surface area contributed by atoms with Gasteiger partial charge in [-0.05, 0) is 44.5 Å². The monoisotopic (exact) mass is 389 g/mol. The Kier molecular flexibility index (Phi) is 6.41. The van der Waals surface area contributed by atoms with E-state index in [1.807, 2.05) is 0 Å². The number of likely N-dealkylation sites (tertiary alicyclic amines) is 1. The average molecular weight is 389 g/mol. The SMILES string of the molecule is CCOC(=O)c1[nH]ncc1CN1CCCC(C(=O)c2cc(F)ccc2OC)C1. The first-order chi connectivity index (χ1) is 13.5. The molecule has 1 aromatic carbocycles. The maximum absolute atomic E-state index is 13.7. The lowest BCUT2D eigenvalue weighted by atomic mass is 9.89. The number of esters is 1. The smallest absolute Gasteiger partial charge is 0.356 e. The molecule has 28 heavy (non-hydrogen) atoms. The number of nitrogens with zero attached hydrogens (tertiary/aromatic N) is 2. The molecule has 1 aromatic heterocycles. The highest BCUT2D eigenvalue weighted by Gasteiger charge is 2.29. The van der Waals surface area contributed by atoms with E-state index in [2.05, 4.69) is 15.1 Å². The van der Waals surface area contributed by atoms with Gasteiger partial charge in [0.25, 0.3) is 0 Å².